The van der Waals surface area contributed by atoms with Gasteiger partial charge in [0, 0.05) is 18.7 Å². The van der Waals surface area contributed by atoms with Gasteiger partial charge >= 0.3 is 0 Å². The van der Waals surface area contributed by atoms with Gasteiger partial charge in [0.15, 0.2) is 0 Å². The molecule has 0 bridgehead atoms. The summed E-state index contributed by atoms with van der Waals surface area (Å²) < 4.78 is 13.6. The smallest absolute Gasteiger partial charge is 0.227 e. The largest absolute Gasteiger partial charge is 0.326 e. The average Bonchev–Trinajstić information content (AvgIpc) is 2.49. The Morgan fingerprint density at radius 1 is 1.10 bits per heavy atom. The Balaban J connectivity index is 1.94. The lowest BCUT2D eigenvalue weighted by Crippen LogP contribution is -2.34. The van der Waals surface area contributed by atoms with E-state index in [2.05, 4.69) is 0 Å². The number of amides is 1. The van der Waals surface area contributed by atoms with Gasteiger partial charge in [-0.2, -0.15) is 0 Å². The molecule has 1 heterocycles. The van der Waals surface area contributed by atoms with Crippen molar-refractivity contribution in [3.8, 4) is 0 Å². The van der Waals surface area contributed by atoms with E-state index in [1.54, 1.807) is 4.90 Å². The van der Waals surface area contributed by atoms with Gasteiger partial charge in [0.05, 0.1) is 6.54 Å². The predicted molar refractivity (Wildman–Crippen MR) is 80.2 cm³/mol. The van der Waals surface area contributed by atoms with Crippen LogP contribution in [0.3, 0.4) is 0 Å². The highest BCUT2D eigenvalue weighted by molar-refractivity contribution is 5.96. The number of hydrogen-bond donors (Lipinski definition) is 1. The van der Waals surface area contributed by atoms with E-state index < -0.39 is 0 Å². The molecule has 0 aromatic heterocycles. The highest BCUT2D eigenvalue weighted by Gasteiger charge is 2.23. The molecule has 0 radical (unpaired) electrons. The number of benzene rings is 2. The summed E-state index contributed by atoms with van der Waals surface area (Å²) in [4.78, 5) is 13.9. The van der Waals surface area contributed by atoms with Crippen LogP contribution in [0.1, 0.15) is 23.1 Å². The SMILES string of the molecule is NCc1cc(F)cc(CN2C(=O)CCc3ccccc32)c1. The number of carbonyl (C=O) groups excluding carboxylic acids is 1. The van der Waals surface area contributed by atoms with Gasteiger partial charge < -0.3 is 10.6 Å². The van der Waals surface area contributed by atoms with Crippen LogP contribution in [-0.4, -0.2) is 5.91 Å². The molecule has 0 saturated heterocycles. The summed E-state index contributed by atoms with van der Waals surface area (Å²) in [6.45, 7) is 0.663. The van der Waals surface area contributed by atoms with Gasteiger partial charge in [-0.05, 0) is 41.3 Å². The van der Waals surface area contributed by atoms with Crippen LogP contribution in [0.4, 0.5) is 10.1 Å². The molecule has 108 valence electrons. The minimum absolute atomic E-state index is 0.0762. The van der Waals surface area contributed by atoms with Crippen LogP contribution >= 0.6 is 0 Å². The Morgan fingerprint density at radius 3 is 2.67 bits per heavy atom. The van der Waals surface area contributed by atoms with Gasteiger partial charge in [0.2, 0.25) is 5.91 Å². The molecular formula is C17H17FN2O. The topological polar surface area (TPSA) is 46.3 Å². The molecule has 0 fully saturated rings. The molecule has 3 nitrogen and oxygen atoms in total. The van der Waals surface area contributed by atoms with Crippen LogP contribution in [-0.2, 0) is 24.3 Å². The minimum Gasteiger partial charge on any atom is -0.326 e. The molecule has 2 aromatic carbocycles. The van der Waals surface area contributed by atoms with Gasteiger partial charge in [-0.15, -0.1) is 0 Å². The maximum absolute atomic E-state index is 13.6. The van der Waals surface area contributed by atoms with E-state index in [9.17, 15) is 9.18 Å². The molecule has 0 atom stereocenters. The molecule has 3 rings (SSSR count). The maximum atomic E-state index is 13.6. The van der Waals surface area contributed by atoms with Crippen LogP contribution < -0.4 is 10.6 Å². The first-order valence-corrected chi connectivity index (χ1v) is 7.04. The van der Waals surface area contributed by atoms with E-state index in [0.29, 0.717) is 13.0 Å². The zero-order valence-corrected chi connectivity index (χ0v) is 11.7. The van der Waals surface area contributed by atoms with Crippen molar-refractivity contribution in [1.82, 2.24) is 0 Å². The van der Waals surface area contributed by atoms with E-state index in [1.165, 1.54) is 12.1 Å². The molecule has 0 aliphatic carbocycles. The molecule has 4 heteroatoms. The number of anilines is 1. The van der Waals surface area contributed by atoms with Crippen LogP contribution in [0, 0.1) is 5.82 Å². The Kier molecular flexibility index (Phi) is 3.71. The van der Waals surface area contributed by atoms with Gasteiger partial charge in [0.1, 0.15) is 5.82 Å². The Labute approximate surface area is 123 Å². The van der Waals surface area contributed by atoms with Crippen LogP contribution in [0.25, 0.3) is 0 Å². The van der Waals surface area contributed by atoms with Crippen LogP contribution in [0.2, 0.25) is 0 Å². The van der Waals surface area contributed by atoms with E-state index >= 15 is 0 Å². The Bertz CT molecular complexity index is 684. The average molecular weight is 284 g/mol. The van der Waals surface area contributed by atoms with Crippen molar-refractivity contribution in [2.45, 2.75) is 25.9 Å². The third-order valence-corrected chi connectivity index (χ3v) is 3.79. The maximum Gasteiger partial charge on any atom is 0.227 e. The van der Waals surface area contributed by atoms with Crippen molar-refractivity contribution in [1.29, 1.82) is 0 Å². The number of halogens is 1. The van der Waals surface area contributed by atoms with E-state index in [-0.39, 0.29) is 18.3 Å². The van der Waals surface area contributed by atoms with Crippen molar-refractivity contribution in [2.75, 3.05) is 4.90 Å². The number of hydrogen-bond acceptors (Lipinski definition) is 2. The first kappa shape index (κ1) is 13.8. The van der Waals surface area contributed by atoms with E-state index in [1.807, 2.05) is 30.3 Å². The normalized spacial score (nSPS) is 14.2. The third-order valence-electron chi connectivity index (χ3n) is 3.79. The lowest BCUT2D eigenvalue weighted by Gasteiger charge is -2.29. The molecule has 2 N–H and O–H groups in total. The Hall–Kier alpha value is -2.20. The van der Waals surface area contributed by atoms with Crippen LogP contribution in [0.15, 0.2) is 42.5 Å². The zero-order valence-electron chi connectivity index (χ0n) is 11.7. The third kappa shape index (κ3) is 2.81. The fourth-order valence-electron chi connectivity index (χ4n) is 2.78. The second kappa shape index (κ2) is 5.66. The first-order chi connectivity index (χ1) is 10.2. The highest BCUT2D eigenvalue weighted by Crippen LogP contribution is 2.29. The molecule has 0 saturated carbocycles. The molecule has 1 aliphatic heterocycles. The fourth-order valence-corrected chi connectivity index (χ4v) is 2.78. The van der Waals surface area contributed by atoms with Crippen molar-refractivity contribution >= 4 is 11.6 Å². The number of nitrogens with zero attached hydrogens (tertiary/aromatic N) is 1. The van der Waals surface area contributed by atoms with Crippen molar-refractivity contribution in [3.05, 3.63) is 65.0 Å². The predicted octanol–water partition coefficient (Wildman–Crippen LogP) is 2.76. The summed E-state index contributed by atoms with van der Waals surface area (Å²) in [7, 11) is 0. The Morgan fingerprint density at radius 2 is 1.86 bits per heavy atom. The second-order valence-corrected chi connectivity index (χ2v) is 5.28. The number of nitrogens with two attached hydrogens (primary N) is 1. The standard InChI is InChI=1S/C17H17FN2O/c18-15-8-12(10-19)7-13(9-15)11-20-16-4-2-1-3-14(16)5-6-17(20)21/h1-4,7-9H,5-6,10-11,19H2. The van der Waals surface area contributed by atoms with E-state index in [4.69, 9.17) is 5.73 Å². The first-order valence-electron chi connectivity index (χ1n) is 7.04. The molecule has 0 spiro atoms. The van der Waals surface area contributed by atoms with E-state index in [0.717, 1.165) is 28.8 Å². The van der Waals surface area contributed by atoms with Crippen LogP contribution in [0.5, 0.6) is 0 Å². The van der Waals surface area contributed by atoms with Crippen molar-refractivity contribution in [3.63, 3.8) is 0 Å². The summed E-state index contributed by atoms with van der Waals surface area (Å²) in [6, 6.07) is 12.6. The van der Waals surface area contributed by atoms with Crippen molar-refractivity contribution in [2.24, 2.45) is 5.73 Å². The van der Waals surface area contributed by atoms with Gasteiger partial charge in [-0.1, -0.05) is 24.3 Å². The van der Waals surface area contributed by atoms with Gasteiger partial charge in [-0.25, -0.2) is 4.39 Å². The highest BCUT2D eigenvalue weighted by atomic mass is 19.1. The summed E-state index contributed by atoms with van der Waals surface area (Å²) in [5.74, 6) is -0.238. The number of para-hydroxylation sites is 1. The summed E-state index contributed by atoms with van der Waals surface area (Å²) in [5.41, 5.74) is 9.16. The molecule has 1 aliphatic rings. The number of aryl methyl sites for hydroxylation is 1. The van der Waals surface area contributed by atoms with Crippen molar-refractivity contribution < 1.29 is 9.18 Å². The zero-order chi connectivity index (χ0) is 14.8. The van der Waals surface area contributed by atoms with Gasteiger partial charge in [0.25, 0.3) is 0 Å². The lowest BCUT2D eigenvalue weighted by molar-refractivity contribution is -0.119. The number of fused-ring (bicyclic) bond motifs is 1. The molecule has 1 amide bonds. The summed E-state index contributed by atoms with van der Waals surface area (Å²) >= 11 is 0. The molecule has 21 heavy (non-hydrogen) atoms. The molecule has 2 aromatic rings. The number of rotatable bonds is 3. The van der Waals surface area contributed by atoms with Gasteiger partial charge in [-0.3, -0.25) is 4.79 Å². The summed E-state index contributed by atoms with van der Waals surface area (Å²) in [5, 5.41) is 0. The quantitative estimate of drug-likeness (QED) is 0.942. The summed E-state index contributed by atoms with van der Waals surface area (Å²) in [6.07, 6.45) is 1.26. The fraction of sp³-hybridized carbons (Fsp3) is 0.235. The minimum atomic E-state index is -0.314. The number of carbonyl (C=O) groups is 1. The molecule has 0 unspecified atom stereocenters. The monoisotopic (exact) mass is 284 g/mol. The molecular weight excluding hydrogens is 267 g/mol. The lowest BCUT2D eigenvalue weighted by atomic mass is 10.00. The second-order valence-electron chi connectivity index (χ2n) is 5.28.